The highest BCUT2D eigenvalue weighted by Crippen LogP contribution is 2.26. The second-order valence-electron chi connectivity index (χ2n) is 5.22. The van der Waals surface area contributed by atoms with Gasteiger partial charge in [-0.3, -0.25) is 14.9 Å². The first-order valence-corrected chi connectivity index (χ1v) is 7.64. The number of nitrogens with zero attached hydrogens (tertiary/aromatic N) is 2. The van der Waals surface area contributed by atoms with E-state index in [1.54, 1.807) is 4.90 Å². The summed E-state index contributed by atoms with van der Waals surface area (Å²) in [7, 11) is 0. The summed E-state index contributed by atoms with van der Waals surface area (Å²) in [5.74, 6) is -0.266. The third-order valence-electron chi connectivity index (χ3n) is 3.40. The maximum absolute atomic E-state index is 12.8. The molecule has 5 nitrogen and oxygen atoms in total. The molecule has 2 aromatic carbocycles. The van der Waals surface area contributed by atoms with Gasteiger partial charge in [0.2, 0.25) is 0 Å². The first-order chi connectivity index (χ1) is 10.9. The normalized spacial score (nSPS) is 10.4. The number of benzene rings is 2. The molecule has 0 fully saturated rings. The Hall–Kier alpha value is -2.40. The van der Waals surface area contributed by atoms with Crippen LogP contribution in [-0.2, 0) is 0 Å². The second kappa shape index (κ2) is 7.24. The number of amides is 1. The maximum atomic E-state index is 12.8. The predicted molar refractivity (Wildman–Crippen MR) is 91.3 cm³/mol. The van der Waals surface area contributed by atoms with E-state index in [0.717, 1.165) is 17.7 Å². The van der Waals surface area contributed by atoms with Gasteiger partial charge in [0.25, 0.3) is 11.6 Å². The Morgan fingerprint density at radius 1 is 1.26 bits per heavy atom. The molecule has 0 aliphatic rings. The SMILES string of the molecule is CCCN(C(=O)c1ccc([N+](=O)[O-])cc1Cl)c1cccc(C)c1. The molecule has 0 aliphatic carbocycles. The minimum absolute atomic E-state index is 0.0814. The minimum Gasteiger partial charge on any atom is -0.308 e. The van der Waals surface area contributed by atoms with Crippen LogP contribution in [0, 0.1) is 17.0 Å². The molecule has 0 aliphatic heterocycles. The smallest absolute Gasteiger partial charge is 0.270 e. The number of aryl methyl sites for hydroxylation is 1. The van der Waals surface area contributed by atoms with Crippen molar-refractivity contribution in [3.05, 3.63) is 68.7 Å². The number of non-ortho nitro benzene ring substituents is 1. The van der Waals surface area contributed by atoms with Crippen LogP contribution in [0.1, 0.15) is 29.3 Å². The summed E-state index contributed by atoms with van der Waals surface area (Å²) in [5.41, 5.74) is 1.95. The molecule has 2 rings (SSSR count). The molecule has 0 atom stereocenters. The van der Waals surface area contributed by atoms with Crippen molar-refractivity contribution in [2.75, 3.05) is 11.4 Å². The zero-order valence-corrected chi connectivity index (χ0v) is 13.7. The summed E-state index contributed by atoms with van der Waals surface area (Å²) < 4.78 is 0. The molecule has 0 spiro atoms. The molecule has 1 amide bonds. The molecule has 120 valence electrons. The highest BCUT2D eigenvalue weighted by Gasteiger charge is 2.21. The number of nitro groups is 1. The quantitative estimate of drug-likeness (QED) is 0.593. The molecule has 0 N–H and O–H groups in total. The molecule has 0 aromatic heterocycles. The number of hydrogen-bond acceptors (Lipinski definition) is 3. The molecule has 0 radical (unpaired) electrons. The third-order valence-corrected chi connectivity index (χ3v) is 3.71. The highest BCUT2D eigenvalue weighted by atomic mass is 35.5. The van der Waals surface area contributed by atoms with Crippen molar-refractivity contribution in [1.29, 1.82) is 0 Å². The molecular formula is C17H17ClN2O3. The zero-order valence-electron chi connectivity index (χ0n) is 13.0. The van der Waals surface area contributed by atoms with Crippen molar-refractivity contribution >= 4 is 28.9 Å². The van der Waals surface area contributed by atoms with Gasteiger partial charge in [0.1, 0.15) is 0 Å². The molecule has 0 bridgehead atoms. The van der Waals surface area contributed by atoms with Gasteiger partial charge >= 0.3 is 0 Å². The van der Waals surface area contributed by atoms with E-state index in [0.29, 0.717) is 6.54 Å². The van der Waals surface area contributed by atoms with Crippen LogP contribution in [0.5, 0.6) is 0 Å². The predicted octanol–water partition coefficient (Wildman–Crippen LogP) is 4.61. The third kappa shape index (κ3) is 3.87. The van der Waals surface area contributed by atoms with Crippen molar-refractivity contribution in [2.45, 2.75) is 20.3 Å². The summed E-state index contributed by atoms with van der Waals surface area (Å²) in [4.78, 5) is 24.7. The molecule has 0 heterocycles. The molecular weight excluding hydrogens is 316 g/mol. The molecule has 0 saturated heterocycles. The lowest BCUT2D eigenvalue weighted by atomic mass is 10.1. The molecule has 23 heavy (non-hydrogen) atoms. The first kappa shape index (κ1) is 17.0. The van der Waals surface area contributed by atoms with Crippen LogP contribution >= 0.6 is 11.6 Å². The van der Waals surface area contributed by atoms with Gasteiger partial charge in [-0.15, -0.1) is 0 Å². The Kier molecular flexibility index (Phi) is 5.34. The topological polar surface area (TPSA) is 63.5 Å². The van der Waals surface area contributed by atoms with Crippen molar-refractivity contribution in [2.24, 2.45) is 0 Å². The Morgan fingerprint density at radius 3 is 2.57 bits per heavy atom. The van der Waals surface area contributed by atoms with E-state index < -0.39 is 4.92 Å². The van der Waals surface area contributed by atoms with E-state index >= 15 is 0 Å². The van der Waals surface area contributed by atoms with Gasteiger partial charge in [-0.05, 0) is 37.1 Å². The van der Waals surface area contributed by atoms with Crippen LogP contribution in [-0.4, -0.2) is 17.4 Å². The molecule has 2 aromatic rings. The largest absolute Gasteiger partial charge is 0.308 e. The summed E-state index contributed by atoms with van der Waals surface area (Å²) in [6.45, 7) is 4.47. The monoisotopic (exact) mass is 332 g/mol. The summed E-state index contributed by atoms with van der Waals surface area (Å²) >= 11 is 6.08. The van der Waals surface area contributed by atoms with E-state index in [2.05, 4.69) is 0 Å². The number of nitro benzene ring substituents is 1. The lowest BCUT2D eigenvalue weighted by Crippen LogP contribution is -2.32. The molecule has 0 saturated carbocycles. The number of rotatable bonds is 5. The summed E-state index contributed by atoms with van der Waals surface area (Å²) in [5, 5.41) is 10.9. The summed E-state index contributed by atoms with van der Waals surface area (Å²) in [6.07, 6.45) is 0.782. The fourth-order valence-corrected chi connectivity index (χ4v) is 2.56. The fourth-order valence-electron chi connectivity index (χ4n) is 2.30. The first-order valence-electron chi connectivity index (χ1n) is 7.26. The summed E-state index contributed by atoms with van der Waals surface area (Å²) in [6, 6.07) is 11.5. The minimum atomic E-state index is -0.537. The Morgan fingerprint density at radius 2 is 2.00 bits per heavy atom. The van der Waals surface area contributed by atoms with Gasteiger partial charge in [0.05, 0.1) is 15.5 Å². The Bertz CT molecular complexity index is 746. The average Bonchev–Trinajstić information content (AvgIpc) is 2.51. The van der Waals surface area contributed by atoms with Crippen LogP contribution in [0.15, 0.2) is 42.5 Å². The number of halogens is 1. The van der Waals surface area contributed by atoms with E-state index in [4.69, 9.17) is 11.6 Å². The van der Waals surface area contributed by atoms with Gasteiger partial charge in [-0.1, -0.05) is 30.7 Å². The lowest BCUT2D eigenvalue weighted by molar-refractivity contribution is -0.384. The van der Waals surface area contributed by atoms with Gasteiger partial charge in [0, 0.05) is 24.4 Å². The molecule has 0 unspecified atom stereocenters. The Balaban J connectivity index is 2.40. The van der Waals surface area contributed by atoms with Gasteiger partial charge in [-0.25, -0.2) is 0 Å². The van der Waals surface area contributed by atoms with E-state index in [-0.39, 0.29) is 22.2 Å². The number of anilines is 1. The van der Waals surface area contributed by atoms with Crippen molar-refractivity contribution in [3.8, 4) is 0 Å². The van der Waals surface area contributed by atoms with Gasteiger partial charge < -0.3 is 4.90 Å². The Labute approximate surface area is 139 Å². The standard InChI is InChI=1S/C17H17ClN2O3/c1-3-9-19(13-6-4-5-12(2)10-13)17(21)15-8-7-14(20(22)23)11-16(15)18/h4-8,10-11H,3,9H2,1-2H3. The van der Waals surface area contributed by atoms with E-state index in [9.17, 15) is 14.9 Å². The van der Waals surface area contributed by atoms with Crippen LogP contribution in [0.3, 0.4) is 0 Å². The highest BCUT2D eigenvalue weighted by molar-refractivity contribution is 6.34. The number of carbonyl (C=O) groups is 1. The van der Waals surface area contributed by atoms with E-state index in [1.165, 1.54) is 18.2 Å². The second-order valence-corrected chi connectivity index (χ2v) is 5.62. The van der Waals surface area contributed by atoms with Crippen LogP contribution < -0.4 is 4.90 Å². The van der Waals surface area contributed by atoms with Gasteiger partial charge in [0.15, 0.2) is 0 Å². The molecule has 6 heteroatoms. The lowest BCUT2D eigenvalue weighted by Gasteiger charge is -2.23. The maximum Gasteiger partial charge on any atom is 0.270 e. The van der Waals surface area contributed by atoms with Crippen LogP contribution in [0.2, 0.25) is 5.02 Å². The number of hydrogen-bond donors (Lipinski definition) is 0. The van der Waals surface area contributed by atoms with Crippen molar-refractivity contribution in [1.82, 2.24) is 0 Å². The average molecular weight is 333 g/mol. The fraction of sp³-hybridized carbons (Fsp3) is 0.235. The van der Waals surface area contributed by atoms with Crippen LogP contribution in [0.25, 0.3) is 0 Å². The van der Waals surface area contributed by atoms with Crippen molar-refractivity contribution < 1.29 is 9.72 Å². The zero-order chi connectivity index (χ0) is 17.0. The van der Waals surface area contributed by atoms with Gasteiger partial charge in [-0.2, -0.15) is 0 Å². The number of carbonyl (C=O) groups excluding carboxylic acids is 1. The van der Waals surface area contributed by atoms with E-state index in [1.807, 2.05) is 38.1 Å². The van der Waals surface area contributed by atoms with Crippen LogP contribution in [0.4, 0.5) is 11.4 Å². The van der Waals surface area contributed by atoms with Crippen molar-refractivity contribution in [3.63, 3.8) is 0 Å².